The van der Waals surface area contributed by atoms with E-state index in [-0.39, 0.29) is 11.8 Å². The van der Waals surface area contributed by atoms with Crippen LogP contribution in [0.5, 0.6) is 5.88 Å². The third kappa shape index (κ3) is 5.88. The largest absolute Gasteiger partial charge is 0.480 e. The van der Waals surface area contributed by atoms with Crippen molar-refractivity contribution in [3.8, 4) is 5.88 Å². The van der Waals surface area contributed by atoms with Crippen LogP contribution in [-0.2, 0) is 13.1 Å². The fourth-order valence-electron chi connectivity index (χ4n) is 3.73. The summed E-state index contributed by atoms with van der Waals surface area (Å²) < 4.78 is 5.22. The number of pyridine rings is 1. The molecule has 1 aromatic carbocycles. The van der Waals surface area contributed by atoms with E-state index in [0.717, 1.165) is 30.1 Å². The first-order valence-electron chi connectivity index (χ1n) is 10.8. The van der Waals surface area contributed by atoms with Gasteiger partial charge in [-0.2, -0.15) is 0 Å². The average Bonchev–Trinajstić information content (AvgIpc) is 3.32. The van der Waals surface area contributed by atoms with Crippen molar-refractivity contribution in [2.24, 2.45) is 0 Å². The van der Waals surface area contributed by atoms with Crippen molar-refractivity contribution >= 4 is 46.4 Å². The molecule has 0 unspecified atom stereocenters. The summed E-state index contributed by atoms with van der Waals surface area (Å²) in [4.78, 5) is 35.4. The minimum Gasteiger partial charge on any atom is -0.480 e. The molecule has 2 aromatic heterocycles. The molecule has 1 aliphatic rings. The topological polar surface area (TPSA) is 74.8 Å². The second-order valence-electron chi connectivity index (χ2n) is 7.81. The zero-order chi connectivity index (χ0) is 24.1. The zero-order valence-electron chi connectivity index (χ0n) is 18.6. The predicted octanol–water partition coefficient (Wildman–Crippen LogP) is 4.35. The van der Waals surface area contributed by atoms with Crippen molar-refractivity contribution in [3.05, 3.63) is 79.6 Å². The van der Waals surface area contributed by atoms with E-state index in [0.29, 0.717) is 46.0 Å². The van der Waals surface area contributed by atoms with Crippen LogP contribution in [0.25, 0.3) is 0 Å². The Hall–Kier alpha value is -2.65. The van der Waals surface area contributed by atoms with Crippen molar-refractivity contribution in [1.29, 1.82) is 0 Å². The van der Waals surface area contributed by atoms with Crippen molar-refractivity contribution in [2.75, 3.05) is 33.3 Å². The fraction of sp³-hybridized carbons (Fsp3) is 0.292. The molecule has 1 fully saturated rings. The molecule has 0 saturated carbocycles. The van der Waals surface area contributed by atoms with Gasteiger partial charge in [0, 0.05) is 60.4 Å². The number of carbonyl (C=O) groups excluding carboxylic acids is 2. The number of hydrogen-bond donors (Lipinski definition) is 1. The summed E-state index contributed by atoms with van der Waals surface area (Å²) in [6.07, 6.45) is 1.61. The van der Waals surface area contributed by atoms with Crippen LogP contribution in [0, 0.1) is 0 Å². The van der Waals surface area contributed by atoms with E-state index in [1.807, 2.05) is 17.0 Å². The van der Waals surface area contributed by atoms with Crippen LogP contribution in [0.15, 0.2) is 48.7 Å². The number of methoxy groups -OCH3 is 1. The number of nitrogens with zero attached hydrogens (tertiary/aromatic N) is 3. The molecule has 0 spiro atoms. The van der Waals surface area contributed by atoms with Gasteiger partial charge < -0.3 is 15.0 Å². The van der Waals surface area contributed by atoms with Crippen molar-refractivity contribution in [3.63, 3.8) is 0 Å². The quantitative estimate of drug-likeness (QED) is 0.503. The van der Waals surface area contributed by atoms with Gasteiger partial charge in [0.05, 0.1) is 12.0 Å². The normalized spacial score (nSPS) is 14.1. The molecule has 0 bridgehead atoms. The third-order valence-electron chi connectivity index (χ3n) is 5.57. The number of halogens is 2. The lowest BCUT2D eigenvalue weighted by molar-refractivity contribution is 0.0625. The molecule has 0 aliphatic carbocycles. The van der Waals surface area contributed by atoms with Crippen LogP contribution in [0.1, 0.15) is 30.5 Å². The Balaban J connectivity index is 1.27. The SMILES string of the molecule is COc1ncccc1C(=O)N1CCN(Cc2ccc(C(=O)NCc3ccc(Cl)cc3Cl)s2)CC1. The number of aromatic nitrogens is 1. The number of nitrogens with one attached hydrogen (secondary N) is 1. The van der Waals surface area contributed by atoms with E-state index < -0.39 is 0 Å². The second-order valence-corrected chi connectivity index (χ2v) is 9.82. The third-order valence-corrected chi connectivity index (χ3v) is 7.23. The Morgan fingerprint density at radius 3 is 2.65 bits per heavy atom. The van der Waals surface area contributed by atoms with E-state index in [2.05, 4.69) is 15.2 Å². The van der Waals surface area contributed by atoms with Crippen LogP contribution >= 0.6 is 34.5 Å². The number of hydrogen-bond acceptors (Lipinski definition) is 6. The molecule has 0 atom stereocenters. The highest BCUT2D eigenvalue weighted by molar-refractivity contribution is 7.14. The van der Waals surface area contributed by atoms with Crippen LogP contribution in [-0.4, -0.2) is 59.9 Å². The lowest BCUT2D eigenvalue weighted by Gasteiger charge is -2.34. The van der Waals surface area contributed by atoms with E-state index in [1.54, 1.807) is 36.5 Å². The average molecular weight is 519 g/mol. The molecule has 3 heterocycles. The lowest BCUT2D eigenvalue weighted by atomic mass is 10.2. The van der Waals surface area contributed by atoms with Gasteiger partial charge in [-0.1, -0.05) is 29.3 Å². The molecule has 2 amide bonds. The summed E-state index contributed by atoms with van der Waals surface area (Å²) >= 11 is 13.6. The molecule has 10 heteroatoms. The molecule has 178 valence electrons. The van der Waals surface area contributed by atoms with Gasteiger partial charge in [-0.15, -0.1) is 11.3 Å². The Morgan fingerprint density at radius 1 is 1.12 bits per heavy atom. The number of carbonyl (C=O) groups is 2. The molecular weight excluding hydrogens is 495 g/mol. The van der Waals surface area contributed by atoms with Crippen molar-refractivity contribution in [2.45, 2.75) is 13.1 Å². The van der Waals surface area contributed by atoms with Crippen molar-refractivity contribution in [1.82, 2.24) is 20.1 Å². The molecule has 3 aromatic rings. The predicted molar refractivity (Wildman–Crippen MR) is 134 cm³/mol. The Kier molecular flexibility index (Phi) is 8.05. The molecular formula is C24H24Cl2N4O3S. The van der Waals surface area contributed by atoms with Crippen LogP contribution in [0.3, 0.4) is 0 Å². The molecule has 0 radical (unpaired) electrons. The Labute approximate surface area is 212 Å². The standard InChI is InChI=1S/C24H24Cl2N4O3S/c1-33-23-19(3-2-8-27-23)24(32)30-11-9-29(10-12-30)15-18-6-7-21(34-18)22(31)28-14-16-4-5-17(25)13-20(16)26/h2-8,13H,9-12,14-15H2,1H3,(H,28,31). The van der Waals surface area contributed by atoms with Gasteiger partial charge in [0.1, 0.15) is 5.56 Å². The maximum absolute atomic E-state index is 12.9. The lowest BCUT2D eigenvalue weighted by Crippen LogP contribution is -2.48. The summed E-state index contributed by atoms with van der Waals surface area (Å²) in [5, 5.41) is 3.99. The van der Waals surface area contributed by atoms with Crippen LogP contribution in [0.2, 0.25) is 10.0 Å². The number of rotatable bonds is 7. The Bertz CT molecular complexity index is 1180. The number of benzene rings is 1. The minimum atomic E-state index is -0.136. The number of amides is 2. The summed E-state index contributed by atoms with van der Waals surface area (Å²) in [6.45, 7) is 3.82. The first-order chi connectivity index (χ1) is 16.4. The summed E-state index contributed by atoms with van der Waals surface area (Å²) in [6, 6.07) is 12.5. The molecule has 4 rings (SSSR count). The van der Waals surface area contributed by atoms with E-state index >= 15 is 0 Å². The molecule has 7 nitrogen and oxygen atoms in total. The van der Waals surface area contributed by atoms with E-state index in [9.17, 15) is 9.59 Å². The maximum atomic E-state index is 12.9. The Morgan fingerprint density at radius 2 is 1.91 bits per heavy atom. The van der Waals surface area contributed by atoms with Gasteiger partial charge in [-0.25, -0.2) is 4.98 Å². The van der Waals surface area contributed by atoms with Gasteiger partial charge in [-0.3, -0.25) is 14.5 Å². The zero-order valence-corrected chi connectivity index (χ0v) is 20.9. The van der Waals surface area contributed by atoms with Gasteiger partial charge in [0.15, 0.2) is 0 Å². The summed E-state index contributed by atoms with van der Waals surface area (Å²) in [5.41, 5.74) is 1.29. The highest BCUT2D eigenvalue weighted by Crippen LogP contribution is 2.23. The maximum Gasteiger partial charge on any atom is 0.261 e. The first-order valence-corrected chi connectivity index (χ1v) is 12.3. The van der Waals surface area contributed by atoms with Crippen LogP contribution in [0.4, 0.5) is 0 Å². The summed E-state index contributed by atoms with van der Waals surface area (Å²) in [7, 11) is 1.51. The molecule has 1 saturated heterocycles. The highest BCUT2D eigenvalue weighted by Gasteiger charge is 2.25. The van der Waals surface area contributed by atoms with E-state index in [1.165, 1.54) is 18.4 Å². The van der Waals surface area contributed by atoms with Gasteiger partial charge in [0.25, 0.3) is 11.8 Å². The molecule has 34 heavy (non-hydrogen) atoms. The fourth-order valence-corrected chi connectivity index (χ4v) is 5.17. The molecule has 1 N–H and O–H groups in total. The van der Waals surface area contributed by atoms with Crippen molar-refractivity contribution < 1.29 is 14.3 Å². The van der Waals surface area contributed by atoms with Gasteiger partial charge >= 0.3 is 0 Å². The number of ether oxygens (including phenoxy) is 1. The molecule has 1 aliphatic heterocycles. The smallest absolute Gasteiger partial charge is 0.261 e. The number of thiophene rings is 1. The van der Waals surface area contributed by atoms with Gasteiger partial charge in [0.2, 0.25) is 5.88 Å². The number of piperazine rings is 1. The van der Waals surface area contributed by atoms with Crippen LogP contribution < -0.4 is 10.1 Å². The highest BCUT2D eigenvalue weighted by atomic mass is 35.5. The minimum absolute atomic E-state index is 0.0690. The first kappa shape index (κ1) is 24.5. The summed E-state index contributed by atoms with van der Waals surface area (Å²) in [5.74, 6) is 0.140. The second kappa shape index (κ2) is 11.2. The van der Waals surface area contributed by atoms with E-state index in [4.69, 9.17) is 27.9 Å². The van der Waals surface area contributed by atoms with Gasteiger partial charge in [-0.05, 0) is 42.0 Å². The monoisotopic (exact) mass is 518 g/mol.